The van der Waals surface area contributed by atoms with Crippen molar-refractivity contribution in [3.8, 4) is 11.5 Å². The molecule has 1 unspecified atom stereocenters. The highest BCUT2D eigenvalue weighted by atomic mass is 16.5. The maximum absolute atomic E-state index is 13.5. The number of ketones is 1. The minimum Gasteiger partial charge on any atom is -0.507 e. The summed E-state index contributed by atoms with van der Waals surface area (Å²) in [6.07, 6.45) is 3.14. The van der Waals surface area contributed by atoms with Crippen LogP contribution >= 0.6 is 0 Å². The van der Waals surface area contributed by atoms with Gasteiger partial charge in [-0.05, 0) is 99.3 Å². The largest absolute Gasteiger partial charge is 0.507 e. The molecule has 0 spiro atoms. The van der Waals surface area contributed by atoms with Gasteiger partial charge in [0.05, 0.1) is 24.3 Å². The van der Waals surface area contributed by atoms with Crippen LogP contribution < -0.4 is 14.4 Å². The van der Waals surface area contributed by atoms with Crippen molar-refractivity contribution >= 4 is 23.1 Å². The number of carbonyl (C=O) groups excluding carboxylic acids is 2. The molecule has 1 atom stereocenters. The number of carbonyl (C=O) groups is 2. The third-order valence-corrected chi connectivity index (χ3v) is 6.62. The van der Waals surface area contributed by atoms with Crippen molar-refractivity contribution < 1.29 is 24.2 Å². The molecule has 0 bridgehead atoms. The predicted octanol–water partition coefficient (Wildman–Crippen LogP) is 7.29. The first kappa shape index (κ1) is 28.0. The number of ether oxygens (including phenoxy) is 2. The highest BCUT2D eigenvalue weighted by molar-refractivity contribution is 6.51. The first-order valence-electron chi connectivity index (χ1n) is 13.6. The molecule has 0 radical (unpaired) electrons. The van der Waals surface area contributed by atoms with Gasteiger partial charge in [-0.25, -0.2) is 0 Å². The summed E-state index contributed by atoms with van der Waals surface area (Å²) in [4.78, 5) is 28.5. The Morgan fingerprint density at radius 2 is 1.62 bits per heavy atom. The lowest BCUT2D eigenvalue weighted by Gasteiger charge is -2.26. The zero-order chi connectivity index (χ0) is 28.1. The lowest BCUT2D eigenvalue weighted by atomic mass is 9.94. The van der Waals surface area contributed by atoms with Crippen LogP contribution in [0.4, 0.5) is 5.69 Å². The molecule has 0 aliphatic carbocycles. The van der Waals surface area contributed by atoms with E-state index < -0.39 is 17.7 Å². The van der Waals surface area contributed by atoms with Crippen molar-refractivity contribution in [1.82, 2.24) is 0 Å². The molecule has 1 saturated heterocycles. The second-order valence-electron chi connectivity index (χ2n) is 10.3. The van der Waals surface area contributed by atoms with E-state index in [4.69, 9.17) is 9.47 Å². The Kier molecular flexibility index (Phi) is 8.75. The molecule has 0 aromatic heterocycles. The van der Waals surface area contributed by atoms with Crippen LogP contribution in [0.5, 0.6) is 11.5 Å². The molecule has 1 aliphatic rings. The van der Waals surface area contributed by atoms with Crippen LogP contribution in [0.25, 0.3) is 5.76 Å². The maximum Gasteiger partial charge on any atom is 0.300 e. The predicted molar refractivity (Wildman–Crippen MR) is 154 cm³/mol. The Labute approximate surface area is 230 Å². The van der Waals surface area contributed by atoms with E-state index in [0.29, 0.717) is 34.9 Å². The molecule has 1 N–H and O–H groups in total. The Hall–Kier alpha value is -4.06. The van der Waals surface area contributed by atoms with Crippen LogP contribution in [-0.2, 0) is 9.59 Å². The number of nitrogens with zero attached hydrogens (tertiary/aromatic N) is 1. The molecular formula is C33H37NO5. The molecule has 1 fully saturated rings. The molecule has 6 heteroatoms. The average Bonchev–Trinajstić information content (AvgIpc) is 3.16. The van der Waals surface area contributed by atoms with Crippen LogP contribution in [0.1, 0.15) is 68.3 Å². The van der Waals surface area contributed by atoms with Crippen LogP contribution in [0, 0.1) is 13.8 Å². The molecule has 204 valence electrons. The van der Waals surface area contributed by atoms with Crippen molar-refractivity contribution in [2.45, 2.75) is 66.0 Å². The number of aryl methyl sites for hydroxylation is 2. The smallest absolute Gasteiger partial charge is 0.300 e. The fraction of sp³-hybridized carbons (Fsp3) is 0.333. The molecule has 4 rings (SSSR count). The van der Waals surface area contributed by atoms with Gasteiger partial charge in [0.1, 0.15) is 17.3 Å². The van der Waals surface area contributed by atoms with E-state index in [2.05, 4.69) is 6.92 Å². The van der Waals surface area contributed by atoms with Crippen molar-refractivity contribution in [2.24, 2.45) is 0 Å². The third-order valence-electron chi connectivity index (χ3n) is 6.62. The number of aliphatic hydroxyl groups excluding tert-OH is 1. The summed E-state index contributed by atoms with van der Waals surface area (Å²) in [6.45, 7) is 10.5. The second-order valence-corrected chi connectivity index (χ2v) is 10.3. The number of aliphatic hydroxyl groups is 1. The first-order valence-corrected chi connectivity index (χ1v) is 13.6. The Bertz CT molecular complexity index is 1350. The number of unbranched alkanes of at least 4 members (excludes halogenated alkanes) is 2. The van der Waals surface area contributed by atoms with Gasteiger partial charge in [-0.15, -0.1) is 0 Å². The monoisotopic (exact) mass is 527 g/mol. The second kappa shape index (κ2) is 12.2. The first-order chi connectivity index (χ1) is 18.7. The normalized spacial score (nSPS) is 16.7. The average molecular weight is 528 g/mol. The summed E-state index contributed by atoms with van der Waals surface area (Å²) in [5.74, 6) is -0.325. The van der Waals surface area contributed by atoms with Gasteiger partial charge in [-0.2, -0.15) is 0 Å². The molecule has 39 heavy (non-hydrogen) atoms. The van der Waals surface area contributed by atoms with E-state index in [9.17, 15) is 14.7 Å². The summed E-state index contributed by atoms with van der Waals surface area (Å²) >= 11 is 0. The minimum absolute atomic E-state index is 0.0393. The topological polar surface area (TPSA) is 76.1 Å². The van der Waals surface area contributed by atoms with Crippen LogP contribution in [-0.4, -0.2) is 29.5 Å². The van der Waals surface area contributed by atoms with Crippen molar-refractivity contribution in [3.05, 3.63) is 94.6 Å². The van der Waals surface area contributed by atoms with E-state index >= 15 is 0 Å². The van der Waals surface area contributed by atoms with Crippen LogP contribution in [0.3, 0.4) is 0 Å². The standard InChI is InChI=1S/C33H37NO5/c1-6-7-8-16-38-27-14-12-24(13-15-27)31(35)29-30(25-10-9-11-28(20-25)39-21(2)3)34(33(37)32(29)36)26-18-22(4)17-23(5)19-26/h9-15,17-21,30,35H,6-8,16H2,1-5H3/b31-29+. The highest BCUT2D eigenvalue weighted by Gasteiger charge is 2.47. The van der Waals surface area contributed by atoms with Gasteiger partial charge >= 0.3 is 0 Å². The molecular weight excluding hydrogens is 490 g/mol. The quantitative estimate of drug-likeness (QED) is 0.130. The Balaban J connectivity index is 1.80. The van der Waals surface area contributed by atoms with E-state index in [-0.39, 0.29) is 17.4 Å². The highest BCUT2D eigenvalue weighted by Crippen LogP contribution is 2.43. The van der Waals surface area contributed by atoms with Gasteiger partial charge < -0.3 is 14.6 Å². The maximum atomic E-state index is 13.5. The fourth-order valence-electron chi connectivity index (χ4n) is 4.94. The SMILES string of the molecule is CCCCCOc1ccc(/C(O)=C2\C(=O)C(=O)N(c3cc(C)cc(C)c3)C2c2cccc(OC(C)C)c2)cc1. The van der Waals surface area contributed by atoms with Gasteiger partial charge in [-0.3, -0.25) is 14.5 Å². The number of amides is 1. The Morgan fingerprint density at radius 1 is 0.923 bits per heavy atom. The van der Waals surface area contributed by atoms with E-state index in [0.717, 1.165) is 30.4 Å². The summed E-state index contributed by atoms with van der Waals surface area (Å²) in [7, 11) is 0. The van der Waals surface area contributed by atoms with Crippen molar-refractivity contribution in [3.63, 3.8) is 0 Å². The number of rotatable bonds is 10. The molecule has 0 saturated carbocycles. The zero-order valence-electron chi connectivity index (χ0n) is 23.4. The number of anilines is 1. The van der Waals surface area contributed by atoms with Crippen molar-refractivity contribution in [2.75, 3.05) is 11.5 Å². The zero-order valence-corrected chi connectivity index (χ0v) is 23.4. The van der Waals surface area contributed by atoms with Gasteiger partial charge in [0.15, 0.2) is 0 Å². The van der Waals surface area contributed by atoms with E-state index in [1.165, 1.54) is 4.90 Å². The lowest BCUT2D eigenvalue weighted by Crippen LogP contribution is -2.29. The van der Waals surface area contributed by atoms with Gasteiger partial charge in [0, 0.05) is 11.3 Å². The minimum atomic E-state index is -0.827. The lowest BCUT2D eigenvalue weighted by molar-refractivity contribution is -0.132. The number of hydrogen-bond acceptors (Lipinski definition) is 5. The van der Waals surface area contributed by atoms with Crippen LogP contribution in [0.2, 0.25) is 0 Å². The van der Waals surface area contributed by atoms with Crippen LogP contribution in [0.15, 0.2) is 72.3 Å². The number of benzene rings is 3. The molecule has 6 nitrogen and oxygen atoms in total. The van der Waals surface area contributed by atoms with E-state index in [1.807, 2.05) is 70.2 Å². The molecule has 1 aliphatic heterocycles. The summed E-state index contributed by atoms with van der Waals surface area (Å²) < 4.78 is 11.7. The molecule has 1 amide bonds. The van der Waals surface area contributed by atoms with Gasteiger partial charge in [-0.1, -0.05) is 38.0 Å². The molecule has 3 aromatic rings. The molecule has 3 aromatic carbocycles. The number of hydrogen-bond donors (Lipinski definition) is 1. The van der Waals surface area contributed by atoms with E-state index in [1.54, 1.807) is 24.3 Å². The fourth-order valence-corrected chi connectivity index (χ4v) is 4.94. The number of Topliss-reactive ketones (excluding diaryl/α,β-unsaturated/α-hetero) is 1. The van der Waals surface area contributed by atoms with Crippen molar-refractivity contribution in [1.29, 1.82) is 0 Å². The summed E-state index contributed by atoms with van der Waals surface area (Å²) in [6, 6.07) is 19.3. The Morgan fingerprint density at radius 3 is 2.26 bits per heavy atom. The van der Waals surface area contributed by atoms with Gasteiger partial charge in [0.25, 0.3) is 11.7 Å². The van der Waals surface area contributed by atoms with Gasteiger partial charge in [0.2, 0.25) is 0 Å². The summed E-state index contributed by atoms with van der Waals surface area (Å²) in [5.41, 5.74) is 3.69. The third kappa shape index (κ3) is 6.33. The summed E-state index contributed by atoms with van der Waals surface area (Å²) in [5, 5.41) is 11.5. The molecule has 1 heterocycles.